The summed E-state index contributed by atoms with van der Waals surface area (Å²) in [5.74, 6) is -0.297. The molecule has 1 N–H and O–H groups in total. The second-order valence-electron chi connectivity index (χ2n) is 4.22. The standard InChI is InChI=1S/C12H10ClN3O3S/c13-7-1-2-8-9(5-7)20-11(14-8)15-10(17)6-16-3-4-19-12(16)18/h1-2,5H,3-4,6H2,(H,14,15,17). The van der Waals surface area contributed by atoms with Gasteiger partial charge in [-0.15, -0.1) is 0 Å². The van der Waals surface area contributed by atoms with E-state index in [1.807, 2.05) is 0 Å². The Morgan fingerprint density at radius 3 is 3.15 bits per heavy atom. The van der Waals surface area contributed by atoms with Crippen LogP contribution < -0.4 is 5.32 Å². The van der Waals surface area contributed by atoms with Gasteiger partial charge in [-0.05, 0) is 18.2 Å². The predicted molar refractivity (Wildman–Crippen MR) is 76.2 cm³/mol. The maximum absolute atomic E-state index is 11.8. The molecule has 1 aromatic heterocycles. The summed E-state index contributed by atoms with van der Waals surface area (Å²) in [4.78, 5) is 28.7. The lowest BCUT2D eigenvalue weighted by molar-refractivity contribution is -0.116. The highest BCUT2D eigenvalue weighted by Gasteiger charge is 2.24. The van der Waals surface area contributed by atoms with Crippen LogP contribution in [0.4, 0.5) is 9.93 Å². The van der Waals surface area contributed by atoms with Crippen molar-refractivity contribution in [3.8, 4) is 0 Å². The molecule has 0 spiro atoms. The molecule has 0 bridgehead atoms. The fourth-order valence-electron chi connectivity index (χ4n) is 1.85. The molecule has 1 aliphatic heterocycles. The van der Waals surface area contributed by atoms with Crippen molar-refractivity contribution in [2.75, 3.05) is 25.0 Å². The van der Waals surface area contributed by atoms with Crippen LogP contribution in [-0.4, -0.2) is 41.6 Å². The summed E-state index contributed by atoms with van der Waals surface area (Å²) in [5, 5.41) is 3.78. The summed E-state index contributed by atoms with van der Waals surface area (Å²) < 4.78 is 5.65. The molecule has 3 rings (SSSR count). The number of hydrogen-bond donors (Lipinski definition) is 1. The van der Waals surface area contributed by atoms with Crippen LogP contribution in [0.15, 0.2) is 18.2 Å². The third kappa shape index (κ3) is 2.68. The number of fused-ring (bicyclic) bond motifs is 1. The normalized spacial score (nSPS) is 14.7. The topological polar surface area (TPSA) is 71.5 Å². The molecule has 0 radical (unpaired) electrons. The molecule has 1 aliphatic rings. The van der Waals surface area contributed by atoms with Crippen LogP contribution >= 0.6 is 22.9 Å². The van der Waals surface area contributed by atoms with E-state index < -0.39 is 6.09 Å². The Balaban J connectivity index is 1.69. The van der Waals surface area contributed by atoms with Crippen molar-refractivity contribution in [1.82, 2.24) is 9.88 Å². The first-order valence-corrected chi connectivity index (χ1v) is 7.09. The first-order valence-electron chi connectivity index (χ1n) is 5.89. The van der Waals surface area contributed by atoms with Crippen LogP contribution in [0.1, 0.15) is 0 Å². The highest BCUT2D eigenvalue weighted by atomic mass is 35.5. The SMILES string of the molecule is O=C(CN1CCOC1=O)Nc1nc2ccc(Cl)cc2s1. The minimum atomic E-state index is -0.462. The Hall–Kier alpha value is -1.86. The molecule has 8 heteroatoms. The van der Waals surface area contributed by atoms with E-state index >= 15 is 0 Å². The van der Waals surface area contributed by atoms with Crippen LogP contribution in [0.3, 0.4) is 0 Å². The first-order chi connectivity index (χ1) is 9.61. The quantitative estimate of drug-likeness (QED) is 0.944. The van der Waals surface area contributed by atoms with E-state index in [-0.39, 0.29) is 12.5 Å². The van der Waals surface area contributed by atoms with Gasteiger partial charge in [-0.3, -0.25) is 9.69 Å². The number of ether oxygens (including phenoxy) is 1. The zero-order chi connectivity index (χ0) is 14.1. The monoisotopic (exact) mass is 311 g/mol. The second kappa shape index (κ2) is 5.26. The molecule has 0 atom stereocenters. The molecule has 104 valence electrons. The highest BCUT2D eigenvalue weighted by molar-refractivity contribution is 7.22. The number of nitrogens with zero attached hydrogens (tertiary/aromatic N) is 2. The largest absolute Gasteiger partial charge is 0.448 e. The summed E-state index contributed by atoms with van der Waals surface area (Å²) in [6.07, 6.45) is -0.462. The summed E-state index contributed by atoms with van der Waals surface area (Å²) in [7, 11) is 0. The third-order valence-electron chi connectivity index (χ3n) is 2.78. The Morgan fingerprint density at radius 1 is 1.55 bits per heavy atom. The lowest BCUT2D eigenvalue weighted by Gasteiger charge is -2.10. The van der Waals surface area contributed by atoms with Crippen molar-refractivity contribution in [3.63, 3.8) is 0 Å². The number of carbonyl (C=O) groups excluding carboxylic acids is 2. The number of halogens is 1. The lowest BCUT2D eigenvalue weighted by Crippen LogP contribution is -2.33. The van der Waals surface area contributed by atoms with Gasteiger partial charge in [0.25, 0.3) is 0 Å². The molecule has 1 aromatic carbocycles. The number of rotatable bonds is 3. The van der Waals surface area contributed by atoms with Crippen molar-refractivity contribution < 1.29 is 14.3 Å². The molecule has 0 saturated carbocycles. The van der Waals surface area contributed by atoms with Crippen molar-refractivity contribution in [3.05, 3.63) is 23.2 Å². The van der Waals surface area contributed by atoms with Gasteiger partial charge in [0.05, 0.1) is 16.8 Å². The van der Waals surface area contributed by atoms with Gasteiger partial charge in [-0.2, -0.15) is 0 Å². The number of anilines is 1. The van der Waals surface area contributed by atoms with Gasteiger partial charge in [0.2, 0.25) is 5.91 Å². The number of amides is 2. The maximum atomic E-state index is 11.8. The van der Waals surface area contributed by atoms with Crippen LogP contribution in [0.25, 0.3) is 10.2 Å². The molecule has 0 aliphatic carbocycles. The zero-order valence-electron chi connectivity index (χ0n) is 10.3. The molecule has 2 heterocycles. The molecule has 1 saturated heterocycles. The molecule has 6 nitrogen and oxygen atoms in total. The molecule has 20 heavy (non-hydrogen) atoms. The van der Waals surface area contributed by atoms with Crippen LogP contribution in [0, 0.1) is 0 Å². The highest BCUT2D eigenvalue weighted by Crippen LogP contribution is 2.28. The summed E-state index contributed by atoms with van der Waals surface area (Å²) in [5.41, 5.74) is 0.773. The van der Waals surface area contributed by atoms with Crippen LogP contribution in [0.2, 0.25) is 5.02 Å². The van der Waals surface area contributed by atoms with E-state index in [1.165, 1.54) is 16.2 Å². The Labute approximate surface area is 123 Å². The number of thiazole rings is 1. The van der Waals surface area contributed by atoms with Gasteiger partial charge < -0.3 is 10.1 Å². The second-order valence-corrected chi connectivity index (χ2v) is 5.68. The molecule has 0 unspecified atom stereocenters. The van der Waals surface area contributed by atoms with Gasteiger partial charge >= 0.3 is 6.09 Å². The summed E-state index contributed by atoms with van der Waals surface area (Å²) >= 11 is 7.23. The van der Waals surface area contributed by atoms with Crippen molar-refractivity contribution >= 4 is 50.3 Å². The van der Waals surface area contributed by atoms with Crippen LogP contribution in [-0.2, 0) is 9.53 Å². The van der Waals surface area contributed by atoms with Crippen LogP contribution in [0.5, 0.6) is 0 Å². The molecular formula is C12H10ClN3O3S. The summed E-state index contributed by atoms with van der Waals surface area (Å²) in [6, 6.07) is 5.33. The van der Waals surface area contributed by atoms with E-state index in [9.17, 15) is 9.59 Å². The fraction of sp³-hybridized carbons (Fsp3) is 0.250. The Morgan fingerprint density at radius 2 is 2.40 bits per heavy atom. The minimum absolute atomic E-state index is 0.0322. The Bertz CT molecular complexity index is 688. The first kappa shape index (κ1) is 13.1. The predicted octanol–water partition coefficient (Wildman–Crippen LogP) is 2.34. The van der Waals surface area contributed by atoms with Gasteiger partial charge in [-0.25, -0.2) is 9.78 Å². The maximum Gasteiger partial charge on any atom is 0.410 e. The van der Waals surface area contributed by atoms with Gasteiger partial charge in [0.1, 0.15) is 13.2 Å². The van der Waals surface area contributed by atoms with Crippen molar-refractivity contribution in [2.24, 2.45) is 0 Å². The van der Waals surface area contributed by atoms with Crippen molar-refractivity contribution in [2.45, 2.75) is 0 Å². The fourth-order valence-corrected chi connectivity index (χ4v) is 3.01. The number of cyclic esters (lactones) is 1. The van der Waals surface area contributed by atoms with E-state index in [2.05, 4.69) is 10.3 Å². The average Bonchev–Trinajstić information content (AvgIpc) is 2.95. The van der Waals surface area contributed by atoms with Gasteiger partial charge in [0.15, 0.2) is 5.13 Å². The number of nitrogens with one attached hydrogen (secondary N) is 1. The lowest BCUT2D eigenvalue weighted by atomic mass is 10.3. The number of hydrogen-bond acceptors (Lipinski definition) is 5. The zero-order valence-corrected chi connectivity index (χ0v) is 11.8. The number of carbonyl (C=O) groups is 2. The van der Waals surface area contributed by atoms with E-state index in [1.54, 1.807) is 18.2 Å². The minimum Gasteiger partial charge on any atom is -0.448 e. The van der Waals surface area contributed by atoms with Gasteiger partial charge in [-0.1, -0.05) is 22.9 Å². The number of benzene rings is 1. The molecule has 1 fully saturated rings. The Kier molecular flexibility index (Phi) is 3.45. The molecular weight excluding hydrogens is 302 g/mol. The smallest absolute Gasteiger partial charge is 0.410 e. The molecule has 2 amide bonds. The number of aromatic nitrogens is 1. The van der Waals surface area contributed by atoms with Gasteiger partial charge in [0, 0.05) is 5.02 Å². The summed E-state index contributed by atoms with van der Waals surface area (Å²) in [6.45, 7) is 0.725. The van der Waals surface area contributed by atoms with E-state index in [4.69, 9.17) is 16.3 Å². The molecule has 2 aromatic rings. The third-order valence-corrected chi connectivity index (χ3v) is 3.94. The van der Waals surface area contributed by atoms with E-state index in [0.717, 1.165) is 10.2 Å². The van der Waals surface area contributed by atoms with Crippen molar-refractivity contribution in [1.29, 1.82) is 0 Å². The average molecular weight is 312 g/mol. The van der Waals surface area contributed by atoms with E-state index in [0.29, 0.717) is 23.3 Å².